The van der Waals surface area contributed by atoms with Crippen molar-refractivity contribution < 1.29 is 22.7 Å². The number of nitrogens with zero attached hydrogens (tertiary/aromatic N) is 3. The zero-order valence-corrected chi connectivity index (χ0v) is 23.7. The maximum Gasteiger partial charge on any atom is 0.263 e. The van der Waals surface area contributed by atoms with E-state index in [1.807, 2.05) is 6.07 Å². The molecule has 0 bridgehead atoms. The van der Waals surface area contributed by atoms with Crippen molar-refractivity contribution in [1.82, 2.24) is 14.9 Å². The summed E-state index contributed by atoms with van der Waals surface area (Å²) in [6, 6.07) is 18.5. The molecule has 0 saturated carbocycles. The third-order valence-corrected chi connectivity index (χ3v) is 8.00. The molecule has 0 atom stereocenters. The van der Waals surface area contributed by atoms with Crippen molar-refractivity contribution in [2.75, 3.05) is 49.2 Å². The number of carbonyl (C=O) groups excluding carboxylic acids is 1. The van der Waals surface area contributed by atoms with Crippen LogP contribution in [-0.2, 0) is 14.8 Å². The summed E-state index contributed by atoms with van der Waals surface area (Å²) in [5, 5.41) is 5.96. The van der Waals surface area contributed by atoms with Crippen LogP contribution in [0.4, 0.5) is 23.0 Å². The number of piperidine rings is 1. The van der Waals surface area contributed by atoms with E-state index in [1.165, 1.54) is 32.8 Å². The van der Waals surface area contributed by atoms with Crippen molar-refractivity contribution >= 4 is 50.0 Å². The highest BCUT2D eigenvalue weighted by Crippen LogP contribution is 2.31. The number of likely N-dealkylation sites (tertiary alicyclic amines) is 1. The Bertz CT molecular complexity index is 1630. The summed E-state index contributed by atoms with van der Waals surface area (Å²) < 4.78 is 40.3. The van der Waals surface area contributed by atoms with Crippen molar-refractivity contribution in [3.63, 3.8) is 0 Å². The normalized spacial score (nSPS) is 13.9. The molecule has 0 spiro atoms. The molecule has 41 heavy (non-hydrogen) atoms. The summed E-state index contributed by atoms with van der Waals surface area (Å²) in [5.41, 5.74) is 2.04. The summed E-state index contributed by atoms with van der Waals surface area (Å²) in [6.45, 7) is 2.04. The molecular formula is C29H32N6O5S. The third kappa shape index (κ3) is 7.02. The van der Waals surface area contributed by atoms with Crippen LogP contribution in [0.15, 0.2) is 71.6 Å². The molecule has 1 aliphatic rings. The molecule has 1 aliphatic heterocycles. The van der Waals surface area contributed by atoms with Gasteiger partial charge in [-0.1, -0.05) is 24.6 Å². The van der Waals surface area contributed by atoms with Crippen molar-refractivity contribution in [3.05, 3.63) is 66.7 Å². The minimum absolute atomic E-state index is 0.00465. The lowest BCUT2D eigenvalue weighted by atomic mass is 10.1. The Labute approximate surface area is 239 Å². The highest BCUT2D eigenvalue weighted by atomic mass is 32.2. The molecule has 1 fully saturated rings. The number of fused-ring (bicyclic) bond motifs is 1. The molecule has 3 aromatic carbocycles. The van der Waals surface area contributed by atoms with Gasteiger partial charge in [0.25, 0.3) is 10.0 Å². The van der Waals surface area contributed by atoms with Gasteiger partial charge in [-0.15, -0.1) is 0 Å². The van der Waals surface area contributed by atoms with Gasteiger partial charge in [0, 0.05) is 29.6 Å². The third-order valence-electron chi connectivity index (χ3n) is 6.66. The molecule has 5 rings (SSSR count). The van der Waals surface area contributed by atoms with Crippen molar-refractivity contribution in [3.8, 4) is 11.5 Å². The smallest absolute Gasteiger partial charge is 0.263 e. The molecule has 0 aliphatic carbocycles. The fraction of sp³-hybridized carbons (Fsp3) is 0.276. The summed E-state index contributed by atoms with van der Waals surface area (Å²) in [4.78, 5) is 23.9. The minimum Gasteiger partial charge on any atom is -0.497 e. The van der Waals surface area contributed by atoms with Crippen LogP contribution in [-0.4, -0.2) is 63.0 Å². The number of ether oxygens (including phenoxy) is 2. The average Bonchev–Trinajstić information content (AvgIpc) is 2.97. The van der Waals surface area contributed by atoms with Gasteiger partial charge in [-0.2, -0.15) is 0 Å². The summed E-state index contributed by atoms with van der Waals surface area (Å²) in [5.74, 6) is 1.09. The van der Waals surface area contributed by atoms with E-state index < -0.39 is 10.0 Å². The number of para-hydroxylation sites is 2. The number of aromatic nitrogens is 2. The van der Waals surface area contributed by atoms with Gasteiger partial charge in [0.2, 0.25) is 5.91 Å². The van der Waals surface area contributed by atoms with Gasteiger partial charge in [-0.05, 0) is 56.3 Å². The standard InChI is InChI=1S/C29H32N6O5S/c1-39-22-15-21(16-23(18-22)40-2)31-28-29(33-26-12-5-4-11-25(26)32-28)34-41(37,38)24-10-8-9-20(17-24)30-27(36)19-35-13-6-3-7-14-35/h4-5,8-12,15-18H,3,6-7,13-14,19H2,1-2H3,(H,30,36)(H,31,32)(H,33,34). The fourth-order valence-electron chi connectivity index (χ4n) is 4.62. The quantitative estimate of drug-likeness (QED) is 0.247. The van der Waals surface area contributed by atoms with Gasteiger partial charge in [0.05, 0.1) is 36.7 Å². The largest absolute Gasteiger partial charge is 0.497 e. The lowest BCUT2D eigenvalue weighted by Gasteiger charge is -2.25. The number of methoxy groups -OCH3 is 2. The lowest BCUT2D eigenvalue weighted by molar-refractivity contribution is -0.117. The van der Waals surface area contributed by atoms with Crippen LogP contribution in [0.25, 0.3) is 11.0 Å². The van der Waals surface area contributed by atoms with Gasteiger partial charge in [-0.25, -0.2) is 18.4 Å². The molecular weight excluding hydrogens is 544 g/mol. The topological polar surface area (TPSA) is 135 Å². The molecule has 0 unspecified atom stereocenters. The monoisotopic (exact) mass is 576 g/mol. The number of rotatable bonds is 10. The molecule has 11 nitrogen and oxygen atoms in total. The number of carbonyl (C=O) groups is 1. The molecule has 12 heteroatoms. The van der Waals surface area contributed by atoms with E-state index in [4.69, 9.17) is 9.47 Å². The first-order valence-corrected chi connectivity index (χ1v) is 14.7. The number of benzene rings is 3. The van der Waals surface area contributed by atoms with Gasteiger partial charge < -0.3 is 20.1 Å². The van der Waals surface area contributed by atoms with Crippen LogP contribution in [0.2, 0.25) is 0 Å². The van der Waals surface area contributed by atoms with E-state index in [-0.39, 0.29) is 29.0 Å². The SMILES string of the molecule is COc1cc(Nc2nc3ccccc3nc2NS(=O)(=O)c2cccc(NC(=O)CN3CCCCC3)c2)cc(OC)c1. The van der Waals surface area contributed by atoms with E-state index in [0.29, 0.717) is 33.9 Å². The van der Waals surface area contributed by atoms with Gasteiger partial charge in [-0.3, -0.25) is 14.4 Å². The Morgan fingerprint density at radius 1 is 0.829 bits per heavy atom. The maximum atomic E-state index is 13.5. The second kappa shape index (κ2) is 12.4. The highest BCUT2D eigenvalue weighted by Gasteiger charge is 2.21. The number of anilines is 4. The van der Waals surface area contributed by atoms with E-state index >= 15 is 0 Å². The summed E-state index contributed by atoms with van der Waals surface area (Å²) in [7, 11) is -1.03. The number of hydrogen-bond acceptors (Lipinski definition) is 9. The van der Waals surface area contributed by atoms with E-state index in [0.717, 1.165) is 25.9 Å². The molecule has 1 saturated heterocycles. The second-order valence-corrected chi connectivity index (χ2v) is 11.3. The molecule has 1 aromatic heterocycles. The second-order valence-electron chi connectivity index (χ2n) is 9.65. The Morgan fingerprint density at radius 2 is 1.49 bits per heavy atom. The number of amides is 1. The van der Waals surface area contributed by atoms with Gasteiger partial charge in [0.15, 0.2) is 11.6 Å². The van der Waals surface area contributed by atoms with E-state index in [1.54, 1.807) is 48.5 Å². The summed E-state index contributed by atoms with van der Waals surface area (Å²) >= 11 is 0. The highest BCUT2D eigenvalue weighted by molar-refractivity contribution is 7.92. The molecule has 1 amide bonds. The predicted octanol–water partition coefficient (Wildman–Crippen LogP) is 4.62. The Morgan fingerprint density at radius 3 is 2.15 bits per heavy atom. The van der Waals surface area contributed by atoms with Crippen LogP contribution in [0.1, 0.15) is 19.3 Å². The predicted molar refractivity (Wildman–Crippen MR) is 159 cm³/mol. The van der Waals surface area contributed by atoms with Crippen LogP contribution in [0.5, 0.6) is 11.5 Å². The van der Waals surface area contributed by atoms with E-state index in [9.17, 15) is 13.2 Å². The van der Waals surface area contributed by atoms with Gasteiger partial charge in [0.1, 0.15) is 11.5 Å². The van der Waals surface area contributed by atoms with Crippen LogP contribution in [0, 0.1) is 0 Å². The Balaban J connectivity index is 1.41. The van der Waals surface area contributed by atoms with Crippen molar-refractivity contribution in [2.24, 2.45) is 0 Å². The van der Waals surface area contributed by atoms with E-state index in [2.05, 4.69) is 30.2 Å². The van der Waals surface area contributed by atoms with Gasteiger partial charge >= 0.3 is 0 Å². The Kier molecular flexibility index (Phi) is 8.50. The first-order valence-electron chi connectivity index (χ1n) is 13.2. The van der Waals surface area contributed by atoms with Crippen LogP contribution < -0.4 is 24.8 Å². The number of nitrogens with one attached hydrogen (secondary N) is 3. The van der Waals surface area contributed by atoms with Crippen molar-refractivity contribution in [1.29, 1.82) is 0 Å². The minimum atomic E-state index is -4.11. The Hall–Kier alpha value is -4.42. The molecule has 2 heterocycles. The molecule has 0 radical (unpaired) electrons. The zero-order chi connectivity index (χ0) is 28.8. The molecule has 4 aromatic rings. The zero-order valence-electron chi connectivity index (χ0n) is 22.9. The fourth-order valence-corrected chi connectivity index (χ4v) is 5.68. The average molecular weight is 577 g/mol. The van der Waals surface area contributed by atoms with Crippen LogP contribution >= 0.6 is 0 Å². The molecule has 214 valence electrons. The maximum absolute atomic E-state index is 13.5. The van der Waals surface area contributed by atoms with Crippen molar-refractivity contribution in [2.45, 2.75) is 24.2 Å². The number of hydrogen-bond donors (Lipinski definition) is 3. The molecule has 3 N–H and O–H groups in total. The number of sulfonamides is 1. The first kappa shape index (κ1) is 28.1. The summed E-state index contributed by atoms with van der Waals surface area (Å²) in [6.07, 6.45) is 3.33. The lowest BCUT2D eigenvalue weighted by Crippen LogP contribution is -2.36. The van der Waals surface area contributed by atoms with Crippen LogP contribution in [0.3, 0.4) is 0 Å². The first-order chi connectivity index (χ1) is 19.8.